The molecular formula is C20H23N3O3. The van der Waals surface area contributed by atoms with Gasteiger partial charge in [0.05, 0.1) is 17.2 Å². The quantitative estimate of drug-likeness (QED) is 0.654. The Balaban J connectivity index is 1.69. The van der Waals surface area contributed by atoms with Gasteiger partial charge in [-0.15, -0.1) is 0 Å². The molecule has 2 aromatic carbocycles. The number of carbonyl (C=O) groups is 1. The van der Waals surface area contributed by atoms with Crippen LogP contribution in [0.2, 0.25) is 0 Å². The standard InChI is InChI=1S/C20H23N3O3/c1-14-10-11-16(23(25)26)12-18(14)21-20(24)13-22(2)19-9-5-7-15-6-3-4-8-17(15)19/h3-4,6,8,10-12,19H,5,7,9,13H2,1-2H3,(H,21,24)/t19-/m0/s1. The number of likely N-dealkylation sites (N-methyl/N-ethyl adjacent to an activating group) is 1. The molecule has 1 amide bonds. The minimum absolute atomic E-state index is 0.0273. The third-order valence-electron chi connectivity index (χ3n) is 4.97. The highest BCUT2D eigenvalue weighted by atomic mass is 16.6. The number of nitrogens with zero attached hydrogens (tertiary/aromatic N) is 2. The average Bonchev–Trinajstić information content (AvgIpc) is 2.62. The number of anilines is 1. The third-order valence-corrected chi connectivity index (χ3v) is 4.97. The molecular weight excluding hydrogens is 330 g/mol. The lowest BCUT2D eigenvalue weighted by atomic mass is 9.87. The van der Waals surface area contributed by atoms with Gasteiger partial charge in [0.2, 0.25) is 5.91 Å². The highest BCUT2D eigenvalue weighted by Crippen LogP contribution is 2.33. The second kappa shape index (κ2) is 7.66. The van der Waals surface area contributed by atoms with Crippen molar-refractivity contribution in [2.45, 2.75) is 32.2 Å². The van der Waals surface area contributed by atoms with Crippen LogP contribution in [0.4, 0.5) is 11.4 Å². The first-order chi connectivity index (χ1) is 12.5. The fourth-order valence-electron chi connectivity index (χ4n) is 3.57. The van der Waals surface area contributed by atoms with E-state index >= 15 is 0 Å². The van der Waals surface area contributed by atoms with Gasteiger partial charge in [-0.3, -0.25) is 19.8 Å². The molecule has 0 fully saturated rings. The van der Waals surface area contributed by atoms with Crippen LogP contribution < -0.4 is 5.32 Å². The Morgan fingerprint density at radius 3 is 2.85 bits per heavy atom. The van der Waals surface area contributed by atoms with E-state index in [4.69, 9.17) is 0 Å². The van der Waals surface area contributed by atoms with Gasteiger partial charge in [0, 0.05) is 18.2 Å². The summed E-state index contributed by atoms with van der Waals surface area (Å²) in [6, 6.07) is 13.1. The average molecular weight is 353 g/mol. The van der Waals surface area contributed by atoms with Gasteiger partial charge in [0.1, 0.15) is 0 Å². The Bertz CT molecular complexity index is 835. The van der Waals surface area contributed by atoms with Crippen LogP contribution in [0.3, 0.4) is 0 Å². The Kier molecular flexibility index (Phi) is 5.32. The lowest BCUT2D eigenvalue weighted by molar-refractivity contribution is -0.384. The molecule has 1 atom stereocenters. The second-order valence-electron chi connectivity index (χ2n) is 6.83. The Labute approximate surface area is 153 Å². The fourth-order valence-corrected chi connectivity index (χ4v) is 3.57. The zero-order valence-corrected chi connectivity index (χ0v) is 15.1. The number of nitro benzene ring substituents is 1. The van der Waals surface area contributed by atoms with E-state index in [1.54, 1.807) is 6.07 Å². The van der Waals surface area contributed by atoms with E-state index in [0.717, 1.165) is 24.8 Å². The van der Waals surface area contributed by atoms with Gasteiger partial charge in [-0.05, 0) is 49.9 Å². The van der Waals surface area contributed by atoms with Crippen LogP contribution in [0, 0.1) is 17.0 Å². The number of benzene rings is 2. The topological polar surface area (TPSA) is 75.5 Å². The molecule has 0 saturated heterocycles. The molecule has 6 heteroatoms. The van der Waals surface area contributed by atoms with E-state index in [1.807, 2.05) is 20.0 Å². The summed E-state index contributed by atoms with van der Waals surface area (Å²) < 4.78 is 0. The zero-order chi connectivity index (χ0) is 18.7. The van der Waals surface area contributed by atoms with Crippen molar-refractivity contribution in [3.05, 3.63) is 69.3 Å². The molecule has 1 aliphatic carbocycles. The molecule has 0 unspecified atom stereocenters. The monoisotopic (exact) mass is 353 g/mol. The highest BCUT2D eigenvalue weighted by Gasteiger charge is 2.24. The van der Waals surface area contributed by atoms with Crippen LogP contribution in [0.1, 0.15) is 35.6 Å². The van der Waals surface area contributed by atoms with Crippen LogP contribution in [0.5, 0.6) is 0 Å². The fraction of sp³-hybridized carbons (Fsp3) is 0.350. The smallest absolute Gasteiger partial charge is 0.271 e. The number of hydrogen-bond acceptors (Lipinski definition) is 4. The summed E-state index contributed by atoms with van der Waals surface area (Å²) in [6.07, 6.45) is 3.22. The number of non-ortho nitro benzene ring substituents is 1. The SMILES string of the molecule is Cc1ccc([N+](=O)[O-])cc1NC(=O)CN(C)[C@H]1CCCc2ccccc21. The number of fused-ring (bicyclic) bond motifs is 1. The maximum Gasteiger partial charge on any atom is 0.271 e. The molecule has 1 aliphatic rings. The van der Waals surface area contributed by atoms with Crippen LogP contribution >= 0.6 is 0 Å². The zero-order valence-electron chi connectivity index (χ0n) is 15.1. The summed E-state index contributed by atoms with van der Waals surface area (Å²) in [5.74, 6) is -0.167. The minimum atomic E-state index is -0.458. The molecule has 3 rings (SSSR count). The molecule has 0 radical (unpaired) electrons. The van der Waals surface area contributed by atoms with Crippen molar-refractivity contribution < 1.29 is 9.72 Å². The predicted octanol–water partition coefficient (Wildman–Crippen LogP) is 3.85. The van der Waals surface area contributed by atoms with Gasteiger partial charge in [-0.1, -0.05) is 30.3 Å². The summed E-state index contributed by atoms with van der Waals surface area (Å²) in [6.45, 7) is 2.06. The molecule has 0 spiro atoms. The van der Waals surface area contributed by atoms with Gasteiger partial charge in [0.25, 0.3) is 5.69 Å². The molecule has 6 nitrogen and oxygen atoms in total. The molecule has 0 bridgehead atoms. The molecule has 0 aliphatic heterocycles. The van der Waals surface area contributed by atoms with Crippen molar-refractivity contribution in [2.75, 3.05) is 18.9 Å². The van der Waals surface area contributed by atoms with Crippen LogP contribution in [0.15, 0.2) is 42.5 Å². The van der Waals surface area contributed by atoms with Crippen molar-refractivity contribution in [1.82, 2.24) is 4.90 Å². The second-order valence-corrected chi connectivity index (χ2v) is 6.83. The van der Waals surface area contributed by atoms with E-state index in [9.17, 15) is 14.9 Å². The Hall–Kier alpha value is -2.73. The summed E-state index contributed by atoms with van der Waals surface area (Å²) in [7, 11) is 1.95. The normalized spacial score (nSPS) is 16.2. The number of aryl methyl sites for hydroxylation is 2. The molecule has 1 N–H and O–H groups in total. The summed E-state index contributed by atoms with van der Waals surface area (Å²) in [5, 5.41) is 13.8. The van der Waals surface area contributed by atoms with Crippen LogP contribution in [-0.4, -0.2) is 29.3 Å². The maximum absolute atomic E-state index is 12.5. The summed E-state index contributed by atoms with van der Waals surface area (Å²) in [5.41, 5.74) is 3.91. The van der Waals surface area contributed by atoms with Gasteiger partial charge < -0.3 is 5.32 Å². The predicted molar refractivity (Wildman–Crippen MR) is 101 cm³/mol. The van der Waals surface area contributed by atoms with Crippen molar-refractivity contribution in [3.8, 4) is 0 Å². The van der Waals surface area contributed by atoms with Crippen molar-refractivity contribution in [3.63, 3.8) is 0 Å². The largest absolute Gasteiger partial charge is 0.324 e. The van der Waals surface area contributed by atoms with E-state index in [2.05, 4.69) is 28.4 Å². The lowest BCUT2D eigenvalue weighted by Crippen LogP contribution is -2.35. The van der Waals surface area contributed by atoms with Crippen molar-refractivity contribution in [1.29, 1.82) is 0 Å². The molecule has 2 aromatic rings. The lowest BCUT2D eigenvalue weighted by Gasteiger charge is -2.32. The minimum Gasteiger partial charge on any atom is -0.324 e. The van der Waals surface area contributed by atoms with E-state index in [-0.39, 0.29) is 24.2 Å². The van der Waals surface area contributed by atoms with Gasteiger partial charge >= 0.3 is 0 Å². The van der Waals surface area contributed by atoms with Crippen molar-refractivity contribution in [2.24, 2.45) is 0 Å². The Morgan fingerprint density at radius 1 is 1.31 bits per heavy atom. The Morgan fingerprint density at radius 2 is 2.08 bits per heavy atom. The van der Waals surface area contributed by atoms with Crippen molar-refractivity contribution >= 4 is 17.3 Å². The highest BCUT2D eigenvalue weighted by molar-refractivity contribution is 5.93. The number of nitrogens with one attached hydrogen (secondary N) is 1. The molecule has 136 valence electrons. The van der Waals surface area contributed by atoms with Gasteiger partial charge in [0.15, 0.2) is 0 Å². The number of hydrogen-bond donors (Lipinski definition) is 1. The molecule has 0 aromatic heterocycles. The maximum atomic E-state index is 12.5. The first-order valence-corrected chi connectivity index (χ1v) is 8.78. The summed E-state index contributed by atoms with van der Waals surface area (Å²) in [4.78, 5) is 25.0. The van der Waals surface area contributed by atoms with Crippen LogP contribution in [-0.2, 0) is 11.2 Å². The molecule has 0 saturated carbocycles. The van der Waals surface area contributed by atoms with Gasteiger partial charge in [-0.2, -0.15) is 0 Å². The van der Waals surface area contributed by atoms with E-state index in [1.165, 1.54) is 23.3 Å². The number of carbonyl (C=O) groups excluding carboxylic acids is 1. The number of amides is 1. The number of nitro groups is 1. The first kappa shape index (κ1) is 18.1. The van der Waals surface area contributed by atoms with E-state index < -0.39 is 4.92 Å². The summed E-state index contributed by atoms with van der Waals surface area (Å²) >= 11 is 0. The number of rotatable bonds is 5. The third kappa shape index (κ3) is 3.91. The van der Waals surface area contributed by atoms with Gasteiger partial charge in [-0.25, -0.2) is 0 Å². The van der Waals surface area contributed by atoms with E-state index in [0.29, 0.717) is 5.69 Å². The molecule has 0 heterocycles. The first-order valence-electron chi connectivity index (χ1n) is 8.78. The van der Waals surface area contributed by atoms with Crippen LogP contribution in [0.25, 0.3) is 0 Å². The molecule has 26 heavy (non-hydrogen) atoms.